The Morgan fingerprint density at radius 1 is 1.46 bits per heavy atom. The van der Waals surface area contributed by atoms with Gasteiger partial charge in [0, 0.05) is 5.25 Å². The van der Waals surface area contributed by atoms with Gasteiger partial charge in [0.15, 0.2) is 0 Å². The molecule has 0 aromatic carbocycles. The molecule has 0 heterocycles. The summed E-state index contributed by atoms with van der Waals surface area (Å²) in [6.07, 6.45) is 0.0615. The second kappa shape index (κ2) is 5.85. The summed E-state index contributed by atoms with van der Waals surface area (Å²) in [7, 11) is 1.32. The molecular formula is C8H14O4S. The van der Waals surface area contributed by atoms with Crippen molar-refractivity contribution in [2.45, 2.75) is 30.8 Å². The Kier molecular flexibility index (Phi) is 5.53. The normalized spacial score (nSPS) is 14.7. The molecule has 76 valence electrons. The van der Waals surface area contributed by atoms with Crippen molar-refractivity contribution in [3.63, 3.8) is 0 Å². The van der Waals surface area contributed by atoms with E-state index in [2.05, 4.69) is 4.74 Å². The van der Waals surface area contributed by atoms with Crippen LogP contribution in [0.4, 0.5) is 0 Å². The number of hydrogen-bond acceptors (Lipinski definition) is 4. The molecule has 0 saturated carbocycles. The van der Waals surface area contributed by atoms with Gasteiger partial charge in [0.1, 0.15) is 0 Å². The first-order chi connectivity index (χ1) is 5.97. The topological polar surface area (TPSA) is 63.6 Å². The first-order valence-electron chi connectivity index (χ1n) is 3.92. The summed E-state index contributed by atoms with van der Waals surface area (Å²) >= 11 is 1.31. The lowest BCUT2D eigenvalue weighted by atomic mass is 10.3. The lowest BCUT2D eigenvalue weighted by molar-refractivity contribution is -0.140. The highest BCUT2D eigenvalue weighted by molar-refractivity contribution is 8.01. The van der Waals surface area contributed by atoms with Gasteiger partial charge in [-0.05, 0) is 6.92 Å². The van der Waals surface area contributed by atoms with E-state index in [9.17, 15) is 9.59 Å². The molecule has 4 nitrogen and oxygen atoms in total. The van der Waals surface area contributed by atoms with Crippen LogP contribution in [0.1, 0.15) is 20.3 Å². The molecule has 0 aliphatic carbocycles. The lowest BCUT2D eigenvalue weighted by Gasteiger charge is -2.13. The maximum atomic E-state index is 10.9. The summed E-state index contributed by atoms with van der Waals surface area (Å²) < 4.78 is 4.51. The summed E-state index contributed by atoms with van der Waals surface area (Å²) in [5.74, 6) is -1.17. The van der Waals surface area contributed by atoms with E-state index in [-0.39, 0.29) is 22.9 Å². The monoisotopic (exact) mass is 206 g/mol. The SMILES string of the molecule is COC(=O)C(C)SC(C)CC(=O)O. The van der Waals surface area contributed by atoms with Crippen molar-refractivity contribution < 1.29 is 19.4 Å². The van der Waals surface area contributed by atoms with E-state index in [4.69, 9.17) is 5.11 Å². The number of carboxylic acids is 1. The highest BCUT2D eigenvalue weighted by Crippen LogP contribution is 2.20. The van der Waals surface area contributed by atoms with Gasteiger partial charge in [-0.1, -0.05) is 6.92 Å². The fourth-order valence-electron chi connectivity index (χ4n) is 0.864. The standard InChI is InChI=1S/C8H14O4S/c1-5(4-7(9)10)13-6(2)8(11)12-3/h5-6H,4H2,1-3H3,(H,9,10). The molecule has 0 bridgehead atoms. The number of aliphatic carboxylic acids is 1. The third-order valence-corrected chi connectivity index (χ3v) is 2.66. The van der Waals surface area contributed by atoms with Crippen molar-refractivity contribution in [2.24, 2.45) is 0 Å². The molecule has 0 spiro atoms. The summed E-state index contributed by atoms with van der Waals surface area (Å²) in [6.45, 7) is 3.48. The highest BCUT2D eigenvalue weighted by atomic mass is 32.2. The quantitative estimate of drug-likeness (QED) is 0.683. The number of thioether (sulfide) groups is 1. The molecule has 0 radical (unpaired) electrons. The predicted molar refractivity (Wildman–Crippen MR) is 50.8 cm³/mol. The molecule has 0 aromatic rings. The van der Waals surface area contributed by atoms with Crippen molar-refractivity contribution in [1.82, 2.24) is 0 Å². The molecule has 13 heavy (non-hydrogen) atoms. The zero-order valence-corrected chi connectivity index (χ0v) is 8.76. The Bertz CT molecular complexity index is 193. The maximum absolute atomic E-state index is 10.9. The van der Waals surface area contributed by atoms with Crippen molar-refractivity contribution in [2.75, 3.05) is 7.11 Å². The third kappa shape index (κ3) is 5.52. The largest absolute Gasteiger partial charge is 0.481 e. The van der Waals surface area contributed by atoms with E-state index in [0.29, 0.717) is 0 Å². The number of carbonyl (C=O) groups excluding carboxylic acids is 1. The lowest BCUT2D eigenvalue weighted by Crippen LogP contribution is -2.19. The van der Waals surface area contributed by atoms with Crippen LogP contribution in [0.25, 0.3) is 0 Å². The maximum Gasteiger partial charge on any atom is 0.318 e. The van der Waals surface area contributed by atoms with Crippen LogP contribution in [-0.4, -0.2) is 34.7 Å². The van der Waals surface area contributed by atoms with Crippen molar-refractivity contribution >= 4 is 23.7 Å². The number of esters is 1. The van der Waals surface area contributed by atoms with Crippen LogP contribution < -0.4 is 0 Å². The first kappa shape index (κ1) is 12.3. The zero-order valence-electron chi connectivity index (χ0n) is 7.94. The first-order valence-corrected chi connectivity index (χ1v) is 4.86. The number of rotatable bonds is 5. The Balaban J connectivity index is 3.83. The minimum absolute atomic E-state index is 0.0615. The van der Waals surface area contributed by atoms with Crippen LogP contribution in [0.5, 0.6) is 0 Å². The van der Waals surface area contributed by atoms with Crippen LogP contribution in [-0.2, 0) is 14.3 Å². The number of hydrogen-bond donors (Lipinski definition) is 1. The van der Waals surface area contributed by atoms with Crippen LogP contribution in [0.15, 0.2) is 0 Å². The van der Waals surface area contributed by atoms with Gasteiger partial charge in [0.05, 0.1) is 18.8 Å². The summed E-state index contributed by atoms with van der Waals surface area (Å²) in [5.41, 5.74) is 0. The zero-order chi connectivity index (χ0) is 10.4. The van der Waals surface area contributed by atoms with E-state index in [1.54, 1.807) is 13.8 Å². The Morgan fingerprint density at radius 3 is 2.38 bits per heavy atom. The fraction of sp³-hybridized carbons (Fsp3) is 0.750. The number of carboxylic acid groups (broad SMARTS) is 1. The minimum atomic E-state index is -0.850. The second-order valence-corrected chi connectivity index (χ2v) is 4.49. The van der Waals surface area contributed by atoms with Gasteiger partial charge < -0.3 is 9.84 Å². The molecule has 2 atom stereocenters. The van der Waals surface area contributed by atoms with Gasteiger partial charge in [-0.25, -0.2) is 0 Å². The van der Waals surface area contributed by atoms with Gasteiger partial charge >= 0.3 is 11.9 Å². The van der Waals surface area contributed by atoms with Gasteiger partial charge in [-0.15, -0.1) is 11.8 Å². The molecule has 5 heteroatoms. The Labute approximate surface area is 81.6 Å². The highest BCUT2D eigenvalue weighted by Gasteiger charge is 2.18. The molecule has 0 saturated heterocycles. The van der Waals surface area contributed by atoms with Gasteiger partial charge in [-0.3, -0.25) is 9.59 Å². The van der Waals surface area contributed by atoms with Crippen LogP contribution in [0.3, 0.4) is 0 Å². The summed E-state index contributed by atoms with van der Waals surface area (Å²) in [5, 5.41) is 8.08. The molecule has 0 amide bonds. The van der Waals surface area contributed by atoms with E-state index >= 15 is 0 Å². The molecule has 0 aliphatic rings. The number of methoxy groups -OCH3 is 1. The van der Waals surface area contributed by atoms with E-state index in [0.717, 1.165) is 0 Å². The Morgan fingerprint density at radius 2 is 2.00 bits per heavy atom. The van der Waals surface area contributed by atoms with Crippen LogP contribution >= 0.6 is 11.8 Å². The van der Waals surface area contributed by atoms with E-state index in [1.165, 1.54) is 18.9 Å². The summed E-state index contributed by atoms with van der Waals surface area (Å²) in [4.78, 5) is 21.2. The molecule has 0 rings (SSSR count). The molecule has 0 aromatic heterocycles. The predicted octanol–water partition coefficient (Wildman–Crippen LogP) is 1.14. The van der Waals surface area contributed by atoms with Crippen molar-refractivity contribution in [1.29, 1.82) is 0 Å². The Hall–Kier alpha value is -0.710. The third-order valence-electron chi connectivity index (χ3n) is 1.43. The van der Waals surface area contributed by atoms with Gasteiger partial charge in [0.25, 0.3) is 0 Å². The molecular weight excluding hydrogens is 192 g/mol. The van der Waals surface area contributed by atoms with Gasteiger partial charge in [-0.2, -0.15) is 0 Å². The molecule has 0 aliphatic heterocycles. The van der Waals surface area contributed by atoms with E-state index in [1.807, 2.05) is 0 Å². The number of carbonyl (C=O) groups is 2. The average Bonchev–Trinajstić information content (AvgIpc) is 2.01. The van der Waals surface area contributed by atoms with Crippen LogP contribution in [0, 0.1) is 0 Å². The smallest absolute Gasteiger partial charge is 0.318 e. The van der Waals surface area contributed by atoms with Crippen molar-refractivity contribution in [3.05, 3.63) is 0 Å². The van der Waals surface area contributed by atoms with E-state index < -0.39 is 5.97 Å². The van der Waals surface area contributed by atoms with Crippen molar-refractivity contribution in [3.8, 4) is 0 Å². The van der Waals surface area contributed by atoms with Crippen LogP contribution in [0.2, 0.25) is 0 Å². The second-order valence-electron chi connectivity index (χ2n) is 2.71. The molecule has 1 N–H and O–H groups in total. The minimum Gasteiger partial charge on any atom is -0.481 e. The van der Waals surface area contributed by atoms with Gasteiger partial charge in [0.2, 0.25) is 0 Å². The molecule has 2 unspecified atom stereocenters. The average molecular weight is 206 g/mol. The summed E-state index contributed by atoms with van der Waals surface area (Å²) in [6, 6.07) is 0. The molecule has 0 fully saturated rings. The number of ether oxygens (including phenoxy) is 1. The fourth-order valence-corrected chi connectivity index (χ4v) is 2.01.